The standard InChI is InChI=1S/C12H14O2/c1-12(2)9-7-5-4-6-8(9)10(13)11(12)14-3/h4-7,11H,1-3H3. The molecule has 0 spiro atoms. The molecule has 1 aliphatic rings. The van der Waals surface area contributed by atoms with E-state index in [1.54, 1.807) is 7.11 Å². The molecule has 0 aliphatic heterocycles. The molecule has 0 saturated heterocycles. The third kappa shape index (κ3) is 1.04. The molecule has 1 aromatic carbocycles. The van der Waals surface area contributed by atoms with Gasteiger partial charge in [-0.2, -0.15) is 0 Å². The van der Waals surface area contributed by atoms with Crippen LogP contribution in [-0.2, 0) is 10.2 Å². The number of rotatable bonds is 1. The Labute approximate surface area is 83.9 Å². The minimum atomic E-state index is -0.333. The van der Waals surface area contributed by atoms with Gasteiger partial charge in [0.1, 0.15) is 6.10 Å². The normalized spacial score (nSPS) is 23.6. The van der Waals surface area contributed by atoms with E-state index in [9.17, 15) is 4.79 Å². The number of carbonyl (C=O) groups is 1. The molecule has 1 aliphatic carbocycles. The van der Waals surface area contributed by atoms with Gasteiger partial charge in [0.05, 0.1) is 0 Å². The van der Waals surface area contributed by atoms with Crippen LogP contribution >= 0.6 is 0 Å². The highest BCUT2D eigenvalue weighted by Crippen LogP contribution is 2.39. The first kappa shape index (κ1) is 9.41. The van der Waals surface area contributed by atoms with Crippen LogP contribution < -0.4 is 0 Å². The first-order chi connectivity index (χ1) is 6.59. The fraction of sp³-hybridized carbons (Fsp3) is 0.417. The zero-order valence-corrected chi connectivity index (χ0v) is 8.70. The zero-order chi connectivity index (χ0) is 10.3. The number of ether oxygens (including phenoxy) is 1. The van der Waals surface area contributed by atoms with E-state index < -0.39 is 0 Å². The van der Waals surface area contributed by atoms with E-state index in [4.69, 9.17) is 4.74 Å². The average molecular weight is 190 g/mol. The van der Waals surface area contributed by atoms with Crippen molar-refractivity contribution in [2.45, 2.75) is 25.4 Å². The van der Waals surface area contributed by atoms with Crippen LogP contribution in [-0.4, -0.2) is 19.0 Å². The van der Waals surface area contributed by atoms with Crippen molar-refractivity contribution in [2.24, 2.45) is 0 Å². The lowest BCUT2D eigenvalue weighted by molar-refractivity contribution is 0.0435. The summed E-state index contributed by atoms with van der Waals surface area (Å²) in [6.45, 7) is 4.09. The summed E-state index contributed by atoms with van der Waals surface area (Å²) in [4.78, 5) is 11.9. The molecule has 14 heavy (non-hydrogen) atoms. The highest BCUT2D eigenvalue weighted by Gasteiger charge is 2.45. The lowest BCUT2D eigenvalue weighted by Gasteiger charge is -2.25. The summed E-state index contributed by atoms with van der Waals surface area (Å²) >= 11 is 0. The van der Waals surface area contributed by atoms with Crippen molar-refractivity contribution in [3.05, 3.63) is 35.4 Å². The molecule has 74 valence electrons. The van der Waals surface area contributed by atoms with Crippen molar-refractivity contribution >= 4 is 5.78 Å². The van der Waals surface area contributed by atoms with Gasteiger partial charge in [-0.05, 0) is 5.56 Å². The van der Waals surface area contributed by atoms with Gasteiger partial charge < -0.3 is 4.74 Å². The van der Waals surface area contributed by atoms with Gasteiger partial charge in [-0.3, -0.25) is 4.79 Å². The van der Waals surface area contributed by atoms with Crippen LogP contribution in [0.2, 0.25) is 0 Å². The van der Waals surface area contributed by atoms with Crippen LogP contribution in [0.15, 0.2) is 24.3 Å². The molecule has 1 atom stereocenters. The molecule has 0 aromatic heterocycles. The van der Waals surface area contributed by atoms with Gasteiger partial charge in [0, 0.05) is 18.1 Å². The third-order valence-electron chi connectivity index (χ3n) is 3.02. The second kappa shape index (κ2) is 2.92. The lowest BCUT2D eigenvalue weighted by Crippen LogP contribution is -2.34. The number of hydrogen-bond donors (Lipinski definition) is 0. The van der Waals surface area contributed by atoms with E-state index in [1.807, 2.05) is 38.1 Å². The van der Waals surface area contributed by atoms with Gasteiger partial charge in [-0.1, -0.05) is 38.1 Å². The molecule has 0 bridgehead atoms. The Morgan fingerprint density at radius 2 is 1.93 bits per heavy atom. The van der Waals surface area contributed by atoms with Crippen molar-refractivity contribution < 1.29 is 9.53 Å². The molecule has 1 aromatic rings. The van der Waals surface area contributed by atoms with E-state index in [1.165, 1.54) is 0 Å². The molecular formula is C12H14O2. The second-order valence-electron chi connectivity index (χ2n) is 4.25. The van der Waals surface area contributed by atoms with E-state index in [0.29, 0.717) is 0 Å². The maximum absolute atomic E-state index is 11.9. The Hall–Kier alpha value is -1.15. The summed E-state index contributed by atoms with van der Waals surface area (Å²) < 4.78 is 5.27. The lowest BCUT2D eigenvalue weighted by atomic mass is 9.84. The summed E-state index contributed by atoms with van der Waals surface area (Å²) in [6, 6.07) is 7.74. The van der Waals surface area contributed by atoms with E-state index in [-0.39, 0.29) is 17.3 Å². The average Bonchev–Trinajstić information content (AvgIpc) is 2.36. The van der Waals surface area contributed by atoms with E-state index >= 15 is 0 Å². The fourth-order valence-corrected chi connectivity index (χ4v) is 2.27. The first-order valence-corrected chi connectivity index (χ1v) is 4.75. The van der Waals surface area contributed by atoms with Crippen LogP contribution in [0.5, 0.6) is 0 Å². The van der Waals surface area contributed by atoms with Gasteiger partial charge in [-0.15, -0.1) is 0 Å². The van der Waals surface area contributed by atoms with E-state index in [0.717, 1.165) is 11.1 Å². The molecule has 0 N–H and O–H groups in total. The SMILES string of the molecule is COC1C(=O)c2ccccc2C1(C)C. The predicted molar refractivity (Wildman–Crippen MR) is 54.6 cm³/mol. The molecule has 0 heterocycles. The Morgan fingerprint density at radius 3 is 2.50 bits per heavy atom. The maximum atomic E-state index is 11.9. The monoisotopic (exact) mass is 190 g/mol. The molecule has 0 radical (unpaired) electrons. The van der Waals surface area contributed by atoms with Crippen LogP contribution in [0.25, 0.3) is 0 Å². The first-order valence-electron chi connectivity index (χ1n) is 4.75. The van der Waals surface area contributed by atoms with Crippen LogP contribution in [0.1, 0.15) is 29.8 Å². The van der Waals surface area contributed by atoms with Gasteiger partial charge in [0.15, 0.2) is 5.78 Å². The number of fused-ring (bicyclic) bond motifs is 1. The second-order valence-corrected chi connectivity index (χ2v) is 4.25. The van der Waals surface area contributed by atoms with Gasteiger partial charge in [0.2, 0.25) is 0 Å². The number of methoxy groups -OCH3 is 1. The summed E-state index contributed by atoms with van der Waals surface area (Å²) in [7, 11) is 1.59. The maximum Gasteiger partial charge on any atom is 0.192 e. The smallest absolute Gasteiger partial charge is 0.192 e. The Kier molecular flexibility index (Phi) is 1.96. The summed E-state index contributed by atoms with van der Waals surface area (Å²) in [5, 5.41) is 0. The Balaban J connectivity index is 2.61. The highest BCUT2D eigenvalue weighted by atomic mass is 16.5. The van der Waals surface area contributed by atoms with Gasteiger partial charge in [-0.25, -0.2) is 0 Å². The summed E-state index contributed by atoms with van der Waals surface area (Å²) in [5.41, 5.74) is 1.70. The predicted octanol–water partition coefficient (Wildman–Crippen LogP) is 2.18. The molecule has 0 saturated carbocycles. The van der Waals surface area contributed by atoms with Gasteiger partial charge >= 0.3 is 0 Å². The van der Waals surface area contributed by atoms with Crippen LogP contribution in [0.3, 0.4) is 0 Å². The highest BCUT2D eigenvalue weighted by molar-refractivity contribution is 6.05. The molecule has 0 amide bonds. The topological polar surface area (TPSA) is 26.3 Å². The van der Waals surface area contributed by atoms with E-state index in [2.05, 4.69) is 0 Å². The number of carbonyl (C=O) groups excluding carboxylic acids is 1. The molecule has 1 unspecified atom stereocenters. The largest absolute Gasteiger partial charge is 0.372 e. The number of Topliss-reactive ketones (excluding diaryl/α,β-unsaturated/α-hetero) is 1. The minimum Gasteiger partial charge on any atom is -0.372 e. The summed E-state index contributed by atoms with van der Waals surface area (Å²) in [6.07, 6.45) is -0.333. The number of ketones is 1. The molecular weight excluding hydrogens is 176 g/mol. The van der Waals surface area contributed by atoms with Crippen molar-refractivity contribution in [2.75, 3.05) is 7.11 Å². The molecule has 2 nitrogen and oxygen atoms in total. The molecule has 2 heteroatoms. The zero-order valence-electron chi connectivity index (χ0n) is 8.70. The quantitative estimate of drug-likeness (QED) is 0.678. The minimum absolute atomic E-state index is 0.105. The van der Waals surface area contributed by atoms with Crippen LogP contribution in [0.4, 0.5) is 0 Å². The van der Waals surface area contributed by atoms with Crippen molar-refractivity contribution in [3.63, 3.8) is 0 Å². The van der Waals surface area contributed by atoms with Crippen molar-refractivity contribution in [1.82, 2.24) is 0 Å². The number of hydrogen-bond acceptors (Lipinski definition) is 2. The fourth-order valence-electron chi connectivity index (χ4n) is 2.27. The van der Waals surface area contributed by atoms with Gasteiger partial charge in [0.25, 0.3) is 0 Å². The van der Waals surface area contributed by atoms with Crippen molar-refractivity contribution in [3.8, 4) is 0 Å². The third-order valence-corrected chi connectivity index (χ3v) is 3.02. The Bertz CT molecular complexity index is 380. The summed E-state index contributed by atoms with van der Waals surface area (Å²) in [5.74, 6) is 0.105. The molecule has 2 rings (SSSR count). The van der Waals surface area contributed by atoms with Crippen LogP contribution in [0, 0.1) is 0 Å². The number of benzene rings is 1. The Morgan fingerprint density at radius 1 is 1.29 bits per heavy atom. The molecule has 0 fully saturated rings. The van der Waals surface area contributed by atoms with Crippen molar-refractivity contribution in [1.29, 1.82) is 0 Å².